The van der Waals surface area contributed by atoms with Gasteiger partial charge in [0.25, 0.3) is 0 Å². The molecule has 0 spiro atoms. The van der Waals surface area contributed by atoms with Crippen molar-refractivity contribution in [3.8, 4) is 0 Å². The molecular weight excluding hydrogens is 316 g/mol. The Kier molecular flexibility index (Phi) is 4.62. The molecule has 0 aliphatic heterocycles. The van der Waals surface area contributed by atoms with E-state index in [0.717, 1.165) is 10.2 Å². The Morgan fingerprint density at radius 2 is 2.00 bits per heavy atom. The molecule has 1 heterocycles. The third kappa shape index (κ3) is 2.80. The van der Waals surface area contributed by atoms with Crippen molar-refractivity contribution in [2.24, 2.45) is 5.84 Å². The Morgan fingerprint density at radius 1 is 1.30 bits per heavy atom. The molecule has 0 saturated heterocycles. The summed E-state index contributed by atoms with van der Waals surface area (Å²) in [5.74, 6) is 5.84. The summed E-state index contributed by atoms with van der Waals surface area (Å²) in [4.78, 5) is 0. The molecule has 0 amide bonds. The van der Waals surface area contributed by atoms with E-state index in [1.807, 2.05) is 10.9 Å². The molecule has 4 nitrogen and oxygen atoms in total. The van der Waals surface area contributed by atoms with Gasteiger partial charge in [0, 0.05) is 6.04 Å². The number of aryl methyl sites for hydroxylation is 2. The monoisotopic (exact) mass is 336 g/mol. The van der Waals surface area contributed by atoms with Gasteiger partial charge in [-0.15, -0.1) is 0 Å². The van der Waals surface area contributed by atoms with E-state index >= 15 is 0 Å². The van der Waals surface area contributed by atoms with Crippen LogP contribution in [-0.2, 0) is 0 Å². The van der Waals surface area contributed by atoms with Crippen molar-refractivity contribution in [1.29, 1.82) is 0 Å². The Bertz CT molecular complexity index is 604. The Hall–Kier alpha value is -1.17. The molecular formula is C15H21BrN4. The van der Waals surface area contributed by atoms with Gasteiger partial charge in [0.15, 0.2) is 0 Å². The lowest BCUT2D eigenvalue weighted by molar-refractivity contribution is 0.474. The van der Waals surface area contributed by atoms with Crippen molar-refractivity contribution in [3.63, 3.8) is 0 Å². The second-order valence-corrected chi connectivity index (χ2v) is 6.23. The number of nitrogens with two attached hydrogens (primary N) is 1. The van der Waals surface area contributed by atoms with Crippen LogP contribution in [0.25, 0.3) is 0 Å². The fraction of sp³-hybridized carbons (Fsp3) is 0.400. The average molecular weight is 337 g/mol. The van der Waals surface area contributed by atoms with E-state index in [0.29, 0.717) is 0 Å². The van der Waals surface area contributed by atoms with Gasteiger partial charge in [-0.05, 0) is 54.8 Å². The molecule has 0 bridgehead atoms. The smallest absolute Gasteiger partial charge is 0.0892 e. The van der Waals surface area contributed by atoms with Crippen molar-refractivity contribution in [1.82, 2.24) is 15.2 Å². The summed E-state index contributed by atoms with van der Waals surface area (Å²) in [5.41, 5.74) is 7.59. The number of nitrogens with zero attached hydrogens (tertiary/aromatic N) is 2. The van der Waals surface area contributed by atoms with E-state index in [-0.39, 0.29) is 12.1 Å². The summed E-state index contributed by atoms with van der Waals surface area (Å²) in [6.45, 7) is 8.41. The number of halogens is 1. The molecule has 0 aliphatic carbocycles. The van der Waals surface area contributed by atoms with E-state index in [2.05, 4.69) is 72.3 Å². The van der Waals surface area contributed by atoms with Gasteiger partial charge < -0.3 is 0 Å². The number of hydrogen-bond acceptors (Lipinski definition) is 3. The highest BCUT2D eigenvalue weighted by atomic mass is 79.9. The molecule has 2 aromatic rings. The summed E-state index contributed by atoms with van der Waals surface area (Å²) in [5, 5.41) is 4.44. The Labute approximate surface area is 128 Å². The fourth-order valence-corrected chi connectivity index (χ4v) is 2.92. The van der Waals surface area contributed by atoms with Gasteiger partial charge >= 0.3 is 0 Å². The van der Waals surface area contributed by atoms with Gasteiger partial charge in [-0.2, -0.15) is 5.10 Å². The van der Waals surface area contributed by atoms with Gasteiger partial charge in [0.1, 0.15) is 0 Å². The van der Waals surface area contributed by atoms with E-state index in [1.54, 1.807) is 0 Å². The number of hydrazine groups is 1. The first-order valence-electron chi connectivity index (χ1n) is 6.72. The van der Waals surface area contributed by atoms with E-state index in [4.69, 9.17) is 5.84 Å². The number of hydrogen-bond donors (Lipinski definition) is 2. The maximum Gasteiger partial charge on any atom is 0.0892 e. The van der Waals surface area contributed by atoms with Crippen molar-refractivity contribution >= 4 is 15.9 Å². The molecule has 108 valence electrons. The topological polar surface area (TPSA) is 55.9 Å². The molecule has 3 N–H and O–H groups in total. The molecule has 1 unspecified atom stereocenters. The van der Waals surface area contributed by atoms with Crippen LogP contribution in [0.15, 0.2) is 28.9 Å². The second kappa shape index (κ2) is 6.08. The standard InChI is InChI=1S/C15H21BrN4/c1-9(2)20-15(13(16)8-18-20)14(19-17)12-7-10(3)5-6-11(12)4/h5-9,14,19H,17H2,1-4H3. The van der Waals surface area contributed by atoms with Crippen LogP contribution < -0.4 is 11.3 Å². The molecule has 1 aromatic heterocycles. The van der Waals surface area contributed by atoms with Crippen LogP contribution >= 0.6 is 15.9 Å². The number of rotatable bonds is 4. The molecule has 0 aliphatic rings. The molecule has 0 fully saturated rings. The zero-order valence-electron chi connectivity index (χ0n) is 12.3. The van der Waals surface area contributed by atoms with E-state index < -0.39 is 0 Å². The van der Waals surface area contributed by atoms with E-state index in [9.17, 15) is 0 Å². The predicted molar refractivity (Wildman–Crippen MR) is 85.4 cm³/mol. The Balaban J connectivity index is 2.58. The number of nitrogens with one attached hydrogen (secondary N) is 1. The maximum atomic E-state index is 5.84. The minimum atomic E-state index is -0.0887. The summed E-state index contributed by atoms with van der Waals surface area (Å²) < 4.78 is 2.96. The zero-order chi connectivity index (χ0) is 14.9. The second-order valence-electron chi connectivity index (χ2n) is 5.38. The largest absolute Gasteiger partial charge is 0.271 e. The van der Waals surface area contributed by atoms with Crippen molar-refractivity contribution < 1.29 is 0 Å². The minimum absolute atomic E-state index is 0.0887. The molecule has 0 saturated carbocycles. The highest BCUT2D eigenvalue weighted by Crippen LogP contribution is 2.31. The van der Waals surface area contributed by atoms with Gasteiger partial charge in [0.05, 0.1) is 22.4 Å². The van der Waals surface area contributed by atoms with Crippen LogP contribution in [0.3, 0.4) is 0 Å². The molecule has 1 aromatic carbocycles. The van der Waals surface area contributed by atoms with Crippen LogP contribution in [0.4, 0.5) is 0 Å². The van der Waals surface area contributed by atoms with Crippen molar-refractivity contribution in [2.75, 3.05) is 0 Å². The predicted octanol–water partition coefficient (Wildman–Crippen LogP) is 3.40. The lowest BCUT2D eigenvalue weighted by Gasteiger charge is -2.22. The highest BCUT2D eigenvalue weighted by molar-refractivity contribution is 9.10. The summed E-state index contributed by atoms with van der Waals surface area (Å²) in [7, 11) is 0. The van der Waals surface area contributed by atoms with Crippen molar-refractivity contribution in [2.45, 2.75) is 39.8 Å². The lowest BCUT2D eigenvalue weighted by Crippen LogP contribution is -2.32. The first-order valence-corrected chi connectivity index (χ1v) is 7.51. The molecule has 1 atom stereocenters. The molecule has 2 rings (SSSR count). The fourth-order valence-electron chi connectivity index (χ4n) is 2.42. The average Bonchev–Trinajstić information content (AvgIpc) is 2.77. The lowest BCUT2D eigenvalue weighted by atomic mass is 9.97. The Morgan fingerprint density at radius 3 is 2.60 bits per heavy atom. The summed E-state index contributed by atoms with van der Waals surface area (Å²) >= 11 is 3.59. The van der Waals surface area contributed by atoms with Crippen LogP contribution in [0, 0.1) is 13.8 Å². The van der Waals surface area contributed by atoms with Gasteiger partial charge in [-0.25, -0.2) is 5.43 Å². The first-order chi connectivity index (χ1) is 9.45. The zero-order valence-corrected chi connectivity index (χ0v) is 13.9. The van der Waals surface area contributed by atoms with Crippen LogP contribution in [0.1, 0.15) is 48.3 Å². The van der Waals surface area contributed by atoms with Gasteiger partial charge in [-0.3, -0.25) is 10.5 Å². The highest BCUT2D eigenvalue weighted by Gasteiger charge is 2.23. The van der Waals surface area contributed by atoms with E-state index in [1.165, 1.54) is 16.7 Å². The van der Waals surface area contributed by atoms with Crippen LogP contribution in [0.2, 0.25) is 0 Å². The van der Waals surface area contributed by atoms with Gasteiger partial charge in [-0.1, -0.05) is 23.8 Å². The quantitative estimate of drug-likeness (QED) is 0.664. The molecule has 20 heavy (non-hydrogen) atoms. The first kappa shape index (κ1) is 15.2. The van der Waals surface area contributed by atoms with Crippen molar-refractivity contribution in [3.05, 3.63) is 51.3 Å². The summed E-state index contributed by atoms with van der Waals surface area (Å²) in [6, 6.07) is 6.59. The van der Waals surface area contributed by atoms with Gasteiger partial charge in [0.2, 0.25) is 0 Å². The maximum absolute atomic E-state index is 5.84. The summed E-state index contributed by atoms with van der Waals surface area (Å²) in [6.07, 6.45) is 1.82. The third-order valence-electron chi connectivity index (χ3n) is 3.46. The van der Waals surface area contributed by atoms with Crippen LogP contribution in [-0.4, -0.2) is 9.78 Å². The SMILES string of the molecule is Cc1ccc(C)c(C(NN)c2c(Br)cnn2C(C)C)c1. The number of benzene rings is 1. The number of aromatic nitrogens is 2. The molecule has 5 heteroatoms. The third-order valence-corrected chi connectivity index (χ3v) is 4.07. The molecule has 0 radical (unpaired) electrons. The van der Waals surface area contributed by atoms with Crippen LogP contribution in [0.5, 0.6) is 0 Å². The normalized spacial score (nSPS) is 12.9. The minimum Gasteiger partial charge on any atom is -0.271 e.